The first kappa shape index (κ1) is 18.3. The molecule has 2 rings (SSSR count). The van der Waals surface area contributed by atoms with Crippen LogP contribution in [0.5, 0.6) is 5.75 Å². The Kier molecular flexibility index (Phi) is 6.20. The van der Waals surface area contributed by atoms with Crippen molar-refractivity contribution in [1.82, 2.24) is 4.90 Å². The number of nitrogens with zero attached hydrogens (tertiary/aromatic N) is 1. The quantitative estimate of drug-likeness (QED) is 0.862. The summed E-state index contributed by atoms with van der Waals surface area (Å²) in [5.74, 6) is -0.544. The van der Waals surface area contributed by atoms with Crippen LogP contribution < -0.4 is 4.74 Å². The van der Waals surface area contributed by atoms with Crippen LogP contribution in [0.4, 0.5) is 0 Å². The van der Waals surface area contributed by atoms with Crippen LogP contribution in [0.15, 0.2) is 24.3 Å². The lowest BCUT2D eigenvalue weighted by Crippen LogP contribution is -2.48. The van der Waals surface area contributed by atoms with E-state index in [4.69, 9.17) is 14.6 Å². The molecule has 0 saturated carbocycles. The van der Waals surface area contributed by atoms with Crippen LogP contribution in [0.25, 0.3) is 0 Å². The number of methoxy groups -OCH3 is 1. The molecule has 0 bridgehead atoms. The number of amides is 1. The van der Waals surface area contributed by atoms with Crippen molar-refractivity contribution in [2.75, 3.05) is 20.2 Å². The predicted octanol–water partition coefficient (Wildman–Crippen LogP) is 2.17. The Bertz CT molecular complexity index is 589. The lowest BCUT2D eigenvalue weighted by Gasteiger charge is -2.36. The van der Waals surface area contributed by atoms with E-state index in [0.717, 1.165) is 11.3 Å². The molecule has 6 heteroatoms. The summed E-state index contributed by atoms with van der Waals surface area (Å²) in [5, 5.41) is 9.16. The molecule has 1 amide bonds. The number of carbonyl (C=O) groups excluding carboxylic acids is 1. The van der Waals surface area contributed by atoms with E-state index in [1.54, 1.807) is 18.9 Å². The van der Waals surface area contributed by atoms with Crippen molar-refractivity contribution in [2.24, 2.45) is 11.8 Å². The fourth-order valence-corrected chi connectivity index (χ4v) is 3.02. The van der Waals surface area contributed by atoms with Crippen molar-refractivity contribution in [2.45, 2.75) is 33.0 Å². The molecule has 1 saturated heterocycles. The Labute approximate surface area is 142 Å². The van der Waals surface area contributed by atoms with Gasteiger partial charge in [-0.2, -0.15) is 0 Å². The molecule has 1 aromatic rings. The van der Waals surface area contributed by atoms with E-state index >= 15 is 0 Å². The number of carbonyl (C=O) groups is 2. The zero-order valence-electron chi connectivity index (χ0n) is 14.4. The molecule has 0 spiro atoms. The maximum atomic E-state index is 12.5. The maximum absolute atomic E-state index is 12.5. The molecule has 1 fully saturated rings. The smallest absolute Gasteiger partial charge is 0.306 e. The number of carboxylic acid groups (broad SMARTS) is 1. The van der Waals surface area contributed by atoms with E-state index in [1.165, 1.54) is 0 Å². The van der Waals surface area contributed by atoms with E-state index in [0.29, 0.717) is 26.1 Å². The predicted molar refractivity (Wildman–Crippen MR) is 88.7 cm³/mol. The largest absolute Gasteiger partial charge is 0.497 e. The van der Waals surface area contributed by atoms with Gasteiger partial charge in [0.15, 0.2) is 0 Å². The highest BCUT2D eigenvalue weighted by molar-refractivity contribution is 5.81. The molecule has 1 aliphatic heterocycles. The first-order valence-electron chi connectivity index (χ1n) is 8.18. The fraction of sp³-hybridized carbons (Fsp3) is 0.556. The highest BCUT2D eigenvalue weighted by Gasteiger charge is 2.34. The topological polar surface area (TPSA) is 76.1 Å². The zero-order chi connectivity index (χ0) is 17.7. The molecule has 3 unspecified atom stereocenters. The van der Waals surface area contributed by atoms with Gasteiger partial charge in [0.2, 0.25) is 0 Å². The Balaban J connectivity index is 1.87. The van der Waals surface area contributed by atoms with Crippen LogP contribution in [0.2, 0.25) is 0 Å². The van der Waals surface area contributed by atoms with Crippen molar-refractivity contribution in [1.29, 1.82) is 0 Å². The monoisotopic (exact) mass is 335 g/mol. The number of benzene rings is 1. The van der Waals surface area contributed by atoms with E-state index in [-0.39, 0.29) is 17.7 Å². The third-order valence-corrected chi connectivity index (χ3v) is 4.52. The second kappa shape index (κ2) is 8.15. The highest BCUT2D eigenvalue weighted by Crippen LogP contribution is 2.24. The molecule has 0 aromatic heterocycles. The summed E-state index contributed by atoms with van der Waals surface area (Å²) in [6, 6.07) is 7.52. The SMILES string of the molecule is COc1cccc(COC(C)C(=O)N2CCC(C(=O)O)C(C)C2)c1. The van der Waals surface area contributed by atoms with E-state index in [2.05, 4.69) is 0 Å². The fourth-order valence-electron chi connectivity index (χ4n) is 3.02. The number of ether oxygens (including phenoxy) is 2. The van der Waals surface area contributed by atoms with Crippen LogP contribution in [0, 0.1) is 11.8 Å². The van der Waals surface area contributed by atoms with E-state index in [9.17, 15) is 9.59 Å². The lowest BCUT2D eigenvalue weighted by molar-refractivity contribution is -0.152. The van der Waals surface area contributed by atoms with Crippen molar-refractivity contribution < 1.29 is 24.2 Å². The Morgan fingerprint density at radius 1 is 1.42 bits per heavy atom. The number of hydrogen-bond acceptors (Lipinski definition) is 4. The van der Waals surface area contributed by atoms with Crippen molar-refractivity contribution >= 4 is 11.9 Å². The molecule has 1 heterocycles. The normalized spacial score (nSPS) is 22.0. The standard InChI is InChI=1S/C18H25NO5/c1-12-10-19(8-7-16(12)18(21)22)17(20)13(2)24-11-14-5-4-6-15(9-14)23-3/h4-6,9,12-13,16H,7-8,10-11H2,1-3H3,(H,21,22). The Morgan fingerprint density at radius 3 is 2.79 bits per heavy atom. The molecule has 0 radical (unpaired) electrons. The molecular formula is C18H25NO5. The van der Waals surface area contributed by atoms with Crippen molar-refractivity contribution in [3.63, 3.8) is 0 Å². The van der Waals surface area contributed by atoms with Gasteiger partial charge in [0, 0.05) is 13.1 Å². The molecule has 3 atom stereocenters. The third kappa shape index (κ3) is 4.47. The molecular weight excluding hydrogens is 310 g/mol. The second-order valence-corrected chi connectivity index (χ2v) is 6.30. The first-order chi connectivity index (χ1) is 11.4. The summed E-state index contributed by atoms with van der Waals surface area (Å²) < 4.78 is 10.9. The average molecular weight is 335 g/mol. The van der Waals surface area contributed by atoms with Crippen LogP contribution in [0.1, 0.15) is 25.8 Å². The minimum atomic E-state index is -0.781. The molecule has 0 aliphatic carbocycles. The van der Waals surface area contributed by atoms with Gasteiger partial charge in [0.1, 0.15) is 11.9 Å². The molecule has 24 heavy (non-hydrogen) atoms. The first-order valence-corrected chi connectivity index (χ1v) is 8.18. The summed E-state index contributed by atoms with van der Waals surface area (Å²) in [4.78, 5) is 25.4. The van der Waals surface area contributed by atoms with Gasteiger partial charge in [-0.15, -0.1) is 0 Å². The van der Waals surface area contributed by atoms with Gasteiger partial charge in [-0.3, -0.25) is 9.59 Å². The number of piperidine rings is 1. The third-order valence-electron chi connectivity index (χ3n) is 4.52. The van der Waals surface area contributed by atoms with Gasteiger partial charge < -0.3 is 19.5 Å². The van der Waals surface area contributed by atoms with Crippen molar-refractivity contribution in [3.8, 4) is 5.75 Å². The van der Waals surface area contributed by atoms with Crippen LogP contribution >= 0.6 is 0 Å². The average Bonchev–Trinajstić information content (AvgIpc) is 2.58. The minimum Gasteiger partial charge on any atom is -0.497 e. The van der Waals surface area contributed by atoms with Gasteiger partial charge in [-0.25, -0.2) is 0 Å². The van der Waals surface area contributed by atoms with E-state index in [1.807, 2.05) is 31.2 Å². The molecule has 1 aliphatic rings. The summed E-state index contributed by atoms with van der Waals surface area (Å²) in [6.45, 7) is 4.86. The molecule has 1 N–H and O–H groups in total. The number of carboxylic acids is 1. The minimum absolute atomic E-state index is 0.0502. The summed E-state index contributed by atoms with van der Waals surface area (Å²) in [7, 11) is 1.61. The summed E-state index contributed by atoms with van der Waals surface area (Å²) >= 11 is 0. The number of likely N-dealkylation sites (tertiary alicyclic amines) is 1. The van der Waals surface area contributed by atoms with E-state index < -0.39 is 12.1 Å². The molecule has 6 nitrogen and oxygen atoms in total. The van der Waals surface area contributed by atoms with Gasteiger partial charge >= 0.3 is 5.97 Å². The van der Waals surface area contributed by atoms with Gasteiger partial charge in [-0.05, 0) is 37.0 Å². The van der Waals surface area contributed by atoms with Crippen LogP contribution in [0.3, 0.4) is 0 Å². The number of aliphatic carboxylic acids is 1. The van der Waals surface area contributed by atoms with Gasteiger partial charge in [0.05, 0.1) is 19.6 Å². The van der Waals surface area contributed by atoms with Crippen LogP contribution in [-0.2, 0) is 20.9 Å². The van der Waals surface area contributed by atoms with Gasteiger partial charge in [-0.1, -0.05) is 19.1 Å². The van der Waals surface area contributed by atoms with Crippen LogP contribution in [-0.4, -0.2) is 48.2 Å². The summed E-state index contributed by atoms with van der Waals surface area (Å²) in [6.07, 6.45) is -0.0741. The summed E-state index contributed by atoms with van der Waals surface area (Å²) in [5.41, 5.74) is 0.937. The number of rotatable bonds is 6. The van der Waals surface area contributed by atoms with Gasteiger partial charge in [0.25, 0.3) is 5.91 Å². The van der Waals surface area contributed by atoms with Crippen molar-refractivity contribution in [3.05, 3.63) is 29.8 Å². The Hall–Kier alpha value is -2.08. The second-order valence-electron chi connectivity index (χ2n) is 6.30. The zero-order valence-corrected chi connectivity index (χ0v) is 14.4. The lowest BCUT2D eigenvalue weighted by atomic mass is 9.87. The Morgan fingerprint density at radius 2 is 2.17 bits per heavy atom. The molecule has 132 valence electrons. The highest BCUT2D eigenvalue weighted by atomic mass is 16.5. The maximum Gasteiger partial charge on any atom is 0.306 e. The molecule has 1 aromatic carbocycles. The number of hydrogen-bond donors (Lipinski definition) is 1.